The van der Waals surface area contributed by atoms with Crippen molar-refractivity contribution in [2.45, 2.75) is 59.4 Å². The molecular weight excluding hydrogens is 234 g/mol. The van der Waals surface area contributed by atoms with Crippen LogP contribution in [-0.2, 0) is 19.9 Å². The highest BCUT2D eigenvalue weighted by molar-refractivity contribution is 5.17. The normalized spacial score (nSPS) is 13.1. The predicted molar refractivity (Wildman–Crippen MR) is 82.4 cm³/mol. The zero-order chi connectivity index (χ0) is 14.5. The van der Waals surface area contributed by atoms with Crippen LogP contribution in [0.3, 0.4) is 0 Å². The Hall–Kier alpha value is -1.09. The van der Waals surface area contributed by atoms with Gasteiger partial charge in [0.25, 0.3) is 0 Å². The van der Waals surface area contributed by atoms with Crippen molar-refractivity contribution in [3.63, 3.8) is 0 Å². The van der Waals surface area contributed by atoms with Gasteiger partial charge in [-0.25, -0.2) is 0 Å². The molecule has 3 heteroatoms. The molecule has 0 bridgehead atoms. The summed E-state index contributed by atoms with van der Waals surface area (Å²) in [6.45, 7) is 12.0. The van der Waals surface area contributed by atoms with Crippen LogP contribution in [0.4, 0.5) is 0 Å². The molecule has 19 heavy (non-hydrogen) atoms. The molecule has 0 aliphatic heterocycles. The molecule has 0 spiro atoms. The molecule has 108 valence electrons. The number of hydrogen-bond acceptors (Lipinski definition) is 2. The number of rotatable bonds is 6. The van der Waals surface area contributed by atoms with Crippen LogP contribution in [0.1, 0.15) is 52.4 Å². The molecule has 1 aromatic rings. The lowest BCUT2D eigenvalue weighted by Gasteiger charge is -2.19. The molecule has 1 N–H and O–H groups in total. The minimum absolute atomic E-state index is 0.208. The smallest absolute Gasteiger partial charge is 0.0624 e. The molecule has 1 heterocycles. The quantitative estimate of drug-likeness (QED) is 0.631. The standard InChI is InChI=1S/C16H29N3/c1-7-14-12-15(19(6)18-14)11-13(2)9-8-10-17-16(3,4)5/h9,12,17H,7-8,10-11H2,1-6H3. The van der Waals surface area contributed by atoms with Gasteiger partial charge in [-0.05, 0) is 53.1 Å². The molecule has 0 aliphatic rings. The number of allylic oxidation sites excluding steroid dienone is 1. The van der Waals surface area contributed by atoms with E-state index in [2.05, 4.69) is 57.2 Å². The van der Waals surface area contributed by atoms with Gasteiger partial charge in [-0.15, -0.1) is 0 Å². The molecule has 0 unspecified atom stereocenters. The van der Waals surface area contributed by atoms with Crippen molar-refractivity contribution < 1.29 is 0 Å². The molecule has 0 saturated heterocycles. The van der Waals surface area contributed by atoms with Crippen molar-refractivity contribution in [1.82, 2.24) is 15.1 Å². The van der Waals surface area contributed by atoms with Crippen molar-refractivity contribution in [3.8, 4) is 0 Å². The van der Waals surface area contributed by atoms with Crippen LogP contribution in [0.5, 0.6) is 0 Å². The summed E-state index contributed by atoms with van der Waals surface area (Å²) in [5, 5.41) is 7.99. The van der Waals surface area contributed by atoms with Crippen LogP contribution in [0.2, 0.25) is 0 Å². The third-order valence-corrected chi connectivity index (χ3v) is 3.14. The van der Waals surface area contributed by atoms with E-state index in [0.717, 1.165) is 25.8 Å². The highest BCUT2D eigenvalue weighted by atomic mass is 15.3. The van der Waals surface area contributed by atoms with Crippen molar-refractivity contribution >= 4 is 0 Å². The number of aryl methyl sites for hydroxylation is 2. The molecule has 0 saturated carbocycles. The van der Waals surface area contributed by atoms with Gasteiger partial charge in [0.15, 0.2) is 0 Å². The van der Waals surface area contributed by atoms with Gasteiger partial charge in [-0.1, -0.05) is 18.6 Å². The average molecular weight is 263 g/mol. The van der Waals surface area contributed by atoms with E-state index < -0.39 is 0 Å². The lowest BCUT2D eigenvalue weighted by molar-refractivity contribution is 0.431. The van der Waals surface area contributed by atoms with E-state index in [1.165, 1.54) is 17.0 Å². The predicted octanol–water partition coefficient (Wildman–Crippen LogP) is 3.25. The maximum atomic E-state index is 4.49. The average Bonchev–Trinajstić information content (AvgIpc) is 2.65. The van der Waals surface area contributed by atoms with Crippen LogP contribution >= 0.6 is 0 Å². The van der Waals surface area contributed by atoms with Gasteiger partial charge in [-0.3, -0.25) is 4.68 Å². The summed E-state index contributed by atoms with van der Waals surface area (Å²) in [5.41, 5.74) is 4.11. The fourth-order valence-corrected chi connectivity index (χ4v) is 2.03. The number of nitrogens with zero attached hydrogens (tertiary/aromatic N) is 2. The third kappa shape index (κ3) is 6.06. The SMILES string of the molecule is CCc1cc(CC(C)=CCCNC(C)(C)C)n(C)n1. The van der Waals surface area contributed by atoms with E-state index >= 15 is 0 Å². The molecule has 0 aliphatic carbocycles. The van der Waals surface area contributed by atoms with Crippen LogP contribution in [0, 0.1) is 0 Å². The van der Waals surface area contributed by atoms with Gasteiger partial charge in [0.1, 0.15) is 0 Å². The van der Waals surface area contributed by atoms with E-state index in [-0.39, 0.29) is 5.54 Å². The Balaban J connectivity index is 2.45. The number of hydrogen-bond donors (Lipinski definition) is 1. The number of nitrogens with one attached hydrogen (secondary N) is 1. The molecule has 1 rings (SSSR count). The summed E-state index contributed by atoms with van der Waals surface area (Å²) in [6, 6.07) is 2.21. The van der Waals surface area contributed by atoms with E-state index in [4.69, 9.17) is 0 Å². The second kappa shape index (κ2) is 6.90. The Morgan fingerprint density at radius 2 is 2.11 bits per heavy atom. The summed E-state index contributed by atoms with van der Waals surface area (Å²) >= 11 is 0. The number of aromatic nitrogens is 2. The molecule has 0 atom stereocenters. The lowest BCUT2D eigenvalue weighted by Crippen LogP contribution is -2.36. The molecule has 0 radical (unpaired) electrons. The first-order chi connectivity index (χ1) is 8.81. The van der Waals surface area contributed by atoms with Crippen LogP contribution in [0.25, 0.3) is 0 Å². The second-order valence-corrected chi connectivity index (χ2v) is 6.30. The molecule has 3 nitrogen and oxygen atoms in total. The van der Waals surface area contributed by atoms with Crippen LogP contribution in [0.15, 0.2) is 17.7 Å². The van der Waals surface area contributed by atoms with Gasteiger partial charge in [0.05, 0.1) is 5.69 Å². The molecular formula is C16H29N3. The van der Waals surface area contributed by atoms with Crippen LogP contribution < -0.4 is 5.32 Å². The topological polar surface area (TPSA) is 29.9 Å². The second-order valence-electron chi connectivity index (χ2n) is 6.30. The van der Waals surface area contributed by atoms with Crippen molar-refractivity contribution in [3.05, 3.63) is 29.1 Å². The first-order valence-electron chi connectivity index (χ1n) is 7.24. The van der Waals surface area contributed by atoms with Crippen molar-refractivity contribution in [2.75, 3.05) is 6.54 Å². The fourth-order valence-electron chi connectivity index (χ4n) is 2.03. The Labute approximate surface area is 118 Å². The molecule has 1 aromatic heterocycles. The van der Waals surface area contributed by atoms with Gasteiger partial charge < -0.3 is 5.32 Å². The lowest BCUT2D eigenvalue weighted by atomic mass is 10.1. The summed E-state index contributed by atoms with van der Waals surface area (Å²) in [5.74, 6) is 0. The summed E-state index contributed by atoms with van der Waals surface area (Å²) in [6.07, 6.45) is 5.42. The Bertz CT molecular complexity index is 422. The highest BCUT2D eigenvalue weighted by Crippen LogP contribution is 2.10. The monoisotopic (exact) mass is 263 g/mol. The Morgan fingerprint density at radius 3 is 2.63 bits per heavy atom. The van der Waals surface area contributed by atoms with E-state index in [9.17, 15) is 0 Å². The minimum atomic E-state index is 0.208. The molecule has 0 amide bonds. The van der Waals surface area contributed by atoms with Gasteiger partial charge in [0.2, 0.25) is 0 Å². The largest absolute Gasteiger partial charge is 0.312 e. The van der Waals surface area contributed by atoms with Gasteiger partial charge >= 0.3 is 0 Å². The summed E-state index contributed by atoms with van der Waals surface area (Å²) in [7, 11) is 2.03. The van der Waals surface area contributed by atoms with Crippen molar-refractivity contribution in [1.29, 1.82) is 0 Å². The zero-order valence-electron chi connectivity index (χ0n) is 13.4. The maximum Gasteiger partial charge on any atom is 0.0624 e. The third-order valence-electron chi connectivity index (χ3n) is 3.14. The van der Waals surface area contributed by atoms with Gasteiger partial charge in [0, 0.05) is 24.7 Å². The first-order valence-corrected chi connectivity index (χ1v) is 7.24. The van der Waals surface area contributed by atoms with Gasteiger partial charge in [-0.2, -0.15) is 5.10 Å². The molecule has 0 fully saturated rings. The van der Waals surface area contributed by atoms with E-state index in [1.54, 1.807) is 0 Å². The highest BCUT2D eigenvalue weighted by Gasteiger charge is 2.07. The maximum absolute atomic E-state index is 4.49. The zero-order valence-corrected chi connectivity index (χ0v) is 13.4. The fraction of sp³-hybridized carbons (Fsp3) is 0.688. The minimum Gasteiger partial charge on any atom is -0.312 e. The summed E-state index contributed by atoms with van der Waals surface area (Å²) in [4.78, 5) is 0. The molecule has 0 aromatic carbocycles. The van der Waals surface area contributed by atoms with Crippen molar-refractivity contribution in [2.24, 2.45) is 7.05 Å². The Morgan fingerprint density at radius 1 is 1.42 bits per heavy atom. The first kappa shape index (κ1) is 16.0. The summed E-state index contributed by atoms with van der Waals surface area (Å²) < 4.78 is 2.00. The Kier molecular flexibility index (Phi) is 5.80. The van der Waals surface area contributed by atoms with E-state index in [0.29, 0.717) is 0 Å². The van der Waals surface area contributed by atoms with E-state index in [1.807, 2.05) is 11.7 Å². The van der Waals surface area contributed by atoms with Crippen LogP contribution in [-0.4, -0.2) is 21.9 Å².